The van der Waals surface area contributed by atoms with Gasteiger partial charge in [0.2, 0.25) is 0 Å². The zero-order chi connectivity index (χ0) is 16.5. The molecule has 24 heavy (non-hydrogen) atoms. The van der Waals surface area contributed by atoms with Crippen LogP contribution in [0.1, 0.15) is 34.7 Å². The summed E-state index contributed by atoms with van der Waals surface area (Å²) in [5.41, 5.74) is 2.59. The molecule has 2 aromatic carbocycles. The Labute approximate surface area is 140 Å². The smallest absolute Gasteiger partial charge is 0.255 e. The zero-order valence-electron chi connectivity index (χ0n) is 13.2. The van der Waals surface area contributed by atoms with Crippen LogP contribution in [0.4, 0.5) is 5.69 Å². The van der Waals surface area contributed by atoms with Crippen LogP contribution in [-0.2, 0) is 0 Å². The molecule has 0 radical (unpaired) electrons. The Morgan fingerprint density at radius 1 is 1.12 bits per heavy atom. The summed E-state index contributed by atoms with van der Waals surface area (Å²) in [6.45, 7) is 0.207. The van der Waals surface area contributed by atoms with E-state index in [-0.39, 0.29) is 18.6 Å². The van der Waals surface area contributed by atoms with E-state index in [2.05, 4.69) is 5.32 Å². The topological polar surface area (TPSA) is 67.8 Å². The average molecular weight is 325 g/mol. The number of benzene rings is 2. The van der Waals surface area contributed by atoms with E-state index in [1.807, 2.05) is 24.3 Å². The minimum atomic E-state index is -0.345. The highest BCUT2D eigenvalue weighted by atomic mass is 16.6. The van der Waals surface area contributed by atoms with Gasteiger partial charge >= 0.3 is 0 Å². The molecule has 124 valence electrons. The van der Waals surface area contributed by atoms with Gasteiger partial charge in [-0.15, -0.1) is 0 Å². The number of rotatable bonds is 4. The van der Waals surface area contributed by atoms with Crippen molar-refractivity contribution < 1.29 is 19.4 Å². The number of nitrogens with one attached hydrogen (secondary N) is 1. The summed E-state index contributed by atoms with van der Waals surface area (Å²) in [7, 11) is 0. The summed E-state index contributed by atoms with van der Waals surface area (Å²) in [6.07, 6.45) is 2.16. The number of carbonyl (C=O) groups is 1. The number of hydrogen-bond donors (Lipinski definition) is 2. The molecule has 0 bridgehead atoms. The van der Waals surface area contributed by atoms with E-state index in [9.17, 15) is 4.79 Å². The summed E-state index contributed by atoms with van der Waals surface area (Å²) < 4.78 is 11.1. The lowest BCUT2D eigenvalue weighted by Crippen LogP contribution is -2.32. The van der Waals surface area contributed by atoms with Gasteiger partial charge in [0.1, 0.15) is 6.61 Å². The van der Waals surface area contributed by atoms with E-state index < -0.39 is 0 Å². The summed E-state index contributed by atoms with van der Waals surface area (Å²) in [5, 5.41) is 12.0. The van der Waals surface area contributed by atoms with Gasteiger partial charge in [0.05, 0.1) is 6.61 Å². The molecule has 1 fully saturated rings. The third-order valence-corrected chi connectivity index (χ3v) is 4.35. The van der Waals surface area contributed by atoms with Gasteiger partial charge in [-0.25, -0.2) is 0 Å². The van der Waals surface area contributed by atoms with Crippen molar-refractivity contribution in [1.29, 1.82) is 0 Å². The van der Waals surface area contributed by atoms with Crippen LogP contribution < -0.4 is 14.8 Å². The van der Waals surface area contributed by atoms with Crippen LogP contribution in [0.15, 0.2) is 42.5 Å². The van der Waals surface area contributed by atoms with E-state index in [4.69, 9.17) is 14.6 Å². The number of anilines is 1. The van der Waals surface area contributed by atoms with Gasteiger partial charge in [-0.05, 0) is 48.6 Å². The standard InChI is InChI=1S/C19H19NO4/c21-10-16-11-23-18-9-15(7-8-17(18)24-16)20-19(22)14-5-3-13(4-6-14)12-1-2-12/h3-9,12,16,21H,1-2,10-11H2,(H,20,22). The van der Waals surface area contributed by atoms with Crippen LogP contribution in [-0.4, -0.2) is 30.3 Å². The van der Waals surface area contributed by atoms with Crippen LogP contribution in [0, 0.1) is 0 Å². The summed E-state index contributed by atoms with van der Waals surface area (Å²) >= 11 is 0. The van der Waals surface area contributed by atoms with Crippen LogP contribution >= 0.6 is 0 Å². The quantitative estimate of drug-likeness (QED) is 0.907. The number of fused-ring (bicyclic) bond motifs is 1. The molecule has 0 saturated heterocycles. The predicted molar refractivity (Wildman–Crippen MR) is 89.8 cm³/mol. The lowest BCUT2D eigenvalue weighted by atomic mass is 10.1. The Bertz CT molecular complexity index is 752. The molecule has 1 aliphatic carbocycles. The number of ether oxygens (including phenoxy) is 2. The molecule has 2 aromatic rings. The van der Waals surface area contributed by atoms with E-state index in [0.29, 0.717) is 35.3 Å². The molecule has 0 aromatic heterocycles. The molecule has 1 unspecified atom stereocenters. The summed E-state index contributed by atoms with van der Waals surface area (Å²) in [5.74, 6) is 1.68. The Morgan fingerprint density at radius 2 is 1.92 bits per heavy atom. The fraction of sp³-hybridized carbons (Fsp3) is 0.316. The normalized spacial score (nSPS) is 19.0. The minimum Gasteiger partial charge on any atom is -0.486 e. The molecular formula is C19H19NO4. The van der Waals surface area contributed by atoms with E-state index in [0.717, 1.165) is 0 Å². The second-order valence-electron chi connectivity index (χ2n) is 6.25. The van der Waals surface area contributed by atoms with Gasteiger partial charge < -0.3 is 19.9 Å². The molecule has 2 aliphatic rings. The van der Waals surface area contributed by atoms with Crippen molar-refractivity contribution in [2.24, 2.45) is 0 Å². The molecule has 1 aliphatic heterocycles. The average Bonchev–Trinajstić information content (AvgIpc) is 3.46. The fourth-order valence-electron chi connectivity index (χ4n) is 2.81. The van der Waals surface area contributed by atoms with E-state index >= 15 is 0 Å². The molecule has 1 amide bonds. The first-order valence-electron chi connectivity index (χ1n) is 8.18. The first kappa shape index (κ1) is 15.0. The van der Waals surface area contributed by atoms with Crippen molar-refractivity contribution >= 4 is 11.6 Å². The van der Waals surface area contributed by atoms with Crippen molar-refractivity contribution in [3.63, 3.8) is 0 Å². The third-order valence-electron chi connectivity index (χ3n) is 4.35. The highest BCUT2D eigenvalue weighted by Gasteiger charge is 2.23. The minimum absolute atomic E-state index is 0.0885. The summed E-state index contributed by atoms with van der Waals surface area (Å²) in [6, 6.07) is 13.0. The second-order valence-corrected chi connectivity index (χ2v) is 6.25. The SMILES string of the molecule is O=C(Nc1ccc2c(c1)OCC(CO)O2)c1ccc(C2CC2)cc1. The molecule has 2 N–H and O–H groups in total. The molecule has 1 heterocycles. The van der Waals surface area contributed by atoms with Crippen LogP contribution in [0.25, 0.3) is 0 Å². The van der Waals surface area contributed by atoms with Crippen molar-refractivity contribution in [1.82, 2.24) is 0 Å². The van der Waals surface area contributed by atoms with Crippen LogP contribution in [0.2, 0.25) is 0 Å². The highest BCUT2D eigenvalue weighted by Crippen LogP contribution is 2.40. The molecule has 5 heteroatoms. The van der Waals surface area contributed by atoms with Gasteiger partial charge in [0.15, 0.2) is 17.6 Å². The summed E-state index contributed by atoms with van der Waals surface area (Å²) in [4.78, 5) is 12.4. The molecular weight excluding hydrogens is 306 g/mol. The molecule has 1 atom stereocenters. The Hall–Kier alpha value is -2.53. The lowest BCUT2D eigenvalue weighted by molar-refractivity contribution is 0.0457. The van der Waals surface area contributed by atoms with E-state index in [1.165, 1.54) is 18.4 Å². The first-order chi connectivity index (χ1) is 11.7. The molecule has 1 saturated carbocycles. The Kier molecular flexibility index (Phi) is 3.86. The fourth-order valence-corrected chi connectivity index (χ4v) is 2.81. The maximum absolute atomic E-state index is 12.4. The number of aliphatic hydroxyl groups excluding tert-OH is 1. The number of hydrogen-bond acceptors (Lipinski definition) is 4. The van der Waals surface area contributed by atoms with Gasteiger partial charge in [-0.2, -0.15) is 0 Å². The predicted octanol–water partition coefficient (Wildman–Crippen LogP) is 2.95. The van der Waals surface area contributed by atoms with Crippen molar-refractivity contribution in [3.05, 3.63) is 53.6 Å². The Morgan fingerprint density at radius 3 is 2.62 bits per heavy atom. The Balaban J connectivity index is 1.45. The van der Waals surface area contributed by atoms with Gasteiger partial charge in [-0.1, -0.05) is 12.1 Å². The van der Waals surface area contributed by atoms with Crippen molar-refractivity contribution in [2.75, 3.05) is 18.5 Å². The molecule has 5 nitrogen and oxygen atoms in total. The van der Waals surface area contributed by atoms with Crippen molar-refractivity contribution in [3.8, 4) is 11.5 Å². The van der Waals surface area contributed by atoms with Crippen molar-refractivity contribution in [2.45, 2.75) is 24.9 Å². The lowest BCUT2D eigenvalue weighted by Gasteiger charge is -2.25. The number of carbonyl (C=O) groups excluding carboxylic acids is 1. The monoisotopic (exact) mass is 325 g/mol. The number of aliphatic hydroxyl groups is 1. The zero-order valence-corrected chi connectivity index (χ0v) is 13.2. The first-order valence-corrected chi connectivity index (χ1v) is 8.18. The largest absolute Gasteiger partial charge is 0.486 e. The molecule has 4 rings (SSSR count). The maximum Gasteiger partial charge on any atom is 0.255 e. The second kappa shape index (κ2) is 6.17. The van der Waals surface area contributed by atoms with Gasteiger partial charge in [0, 0.05) is 17.3 Å². The third kappa shape index (κ3) is 3.08. The van der Waals surface area contributed by atoms with Crippen LogP contribution in [0.5, 0.6) is 11.5 Å². The van der Waals surface area contributed by atoms with Crippen LogP contribution in [0.3, 0.4) is 0 Å². The van der Waals surface area contributed by atoms with Gasteiger partial charge in [-0.3, -0.25) is 4.79 Å². The molecule has 0 spiro atoms. The number of amides is 1. The maximum atomic E-state index is 12.4. The highest BCUT2D eigenvalue weighted by molar-refractivity contribution is 6.04. The van der Waals surface area contributed by atoms with Gasteiger partial charge in [0.25, 0.3) is 5.91 Å². The van der Waals surface area contributed by atoms with E-state index in [1.54, 1.807) is 18.2 Å².